The van der Waals surface area contributed by atoms with E-state index in [1.165, 1.54) is 10.4 Å². The zero-order valence-electron chi connectivity index (χ0n) is 18.6. The number of anilines is 2. The fraction of sp³-hybridized carbons (Fsp3) is 0.435. The molecule has 1 amide bonds. The lowest BCUT2D eigenvalue weighted by Gasteiger charge is -2.31. The summed E-state index contributed by atoms with van der Waals surface area (Å²) in [6.45, 7) is 10.7. The van der Waals surface area contributed by atoms with Gasteiger partial charge in [-0.2, -0.15) is 4.31 Å². The second kappa shape index (κ2) is 9.80. The third-order valence-corrected chi connectivity index (χ3v) is 7.59. The molecule has 2 aromatic rings. The summed E-state index contributed by atoms with van der Waals surface area (Å²) in [5, 5.41) is 2.98. The van der Waals surface area contributed by atoms with Gasteiger partial charge in [0.15, 0.2) is 0 Å². The Kier molecular flexibility index (Phi) is 7.35. The normalized spacial score (nSPS) is 14.7. The first-order valence-corrected chi connectivity index (χ1v) is 12.1. The van der Waals surface area contributed by atoms with Crippen molar-refractivity contribution < 1.29 is 17.9 Å². The van der Waals surface area contributed by atoms with Crippen LogP contribution in [0.3, 0.4) is 0 Å². The molecule has 168 valence electrons. The zero-order chi connectivity index (χ0) is 22.6. The molecular weight excluding hydrogens is 414 g/mol. The van der Waals surface area contributed by atoms with Gasteiger partial charge in [0, 0.05) is 37.6 Å². The molecule has 0 aliphatic carbocycles. The van der Waals surface area contributed by atoms with Crippen LogP contribution in [-0.4, -0.2) is 58.0 Å². The fourth-order valence-electron chi connectivity index (χ4n) is 3.71. The van der Waals surface area contributed by atoms with Crippen molar-refractivity contribution in [2.75, 3.05) is 49.6 Å². The van der Waals surface area contributed by atoms with Gasteiger partial charge in [0.05, 0.1) is 23.7 Å². The summed E-state index contributed by atoms with van der Waals surface area (Å²) in [5.74, 6) is -0.327. The molecule has 2 aromatic carbocycles. The van der Waals surface area contributed by atoms with Gasteiger partial charge in [0.25, 0.3) is 5.91 Å². The summed E-state index contributed by atoms with van der Waals surface area (Å²) in [7, 11) is -3.68. The van der Waals surface area contributed by atoms with E-state index < -0.39 is 10.0 Å². The SMILES string of the molecule is CCN(CC)S(=O)(=O)c1ccc(N2CCOCC2)c(C(=O)Nc2cc(C)ccc2C)c1. The van der Waals surface area contributed by atoms with Crippen molar-refractivity contribution in [1.29, 1.82) is 0 Å². The van der Waals surface area contributed by atoms with Gasteiger partial charge in [-0.05, 0) is 49.2 Å². The van der Waals surface area contributed by atoms with Gasteiger partial charge in [0.2, 0.25) is 10.0 Å². The lowest BCUT2D eigenvalue weighted by Crippen LogP contribution is -2.37. The number of rotatable bonds is 7. The van der Waals surface area contributed by atoms with Crippen LogP contribution in [0.25, 0.3) is 0 Å². The van der Waals surface area contributed by atoms with Crippen LogP contribution in [0.4, 0.5) is 11.4 Å². The Morgan fingerprint density at radius 2 is 1.74 bits per heavy atom. The maximum Gasteiger partial charge on any atom is 0.257 e. The average molecular weight is 446 g/mol. The standard InChI is InChI=1S/C23H31N3O4S/c1-5-26(6-2)31(28,29)19-9-10-22(25-11-13-30-14-12-25)20(16-19)23(27)24-21-15-17(3)7-8-18(21)4/h7-10,15-16H,5-6,11-14H2,1-4H3,(H,24,27). The molecule has 0 aromatic heterocycles. The van der Waals surface area contributed by atoms with Gasteiger partial charge in [-0.15, -0.1) is 0 Å². The van der Waals surface area contributed by atoms with Crippen molar-refractivity contribution in [1.82, 2.24) is 4.31 Å². The van der Waals surface area contributed by atoms with Gasteiger partial charge in [-0.3, -0.25) is 4.79 Å². The highest BCUT2D eigenvalue weighted by Crippen LogP contribution is 2.28. The topological polar surface area (TPSA) is 79.0 Å². The highest BCUT2D eigenvalue weighted by Gasteiger charge is 2.26. The first-order chi connectivity index (χ1) is 14.8. The van der Waals surface area contributed by atoms with E-state index >= 15 is 0 Å². The van der Waals surface area contributed by atoms with Crippen molar-refractivity contribution in [3.8, 4) is 0 Å². The number of aryl methyl sites for hydroxylation is 2. The van der Waals surface area contributed by atoms with E-state index in [0.717, 1.165) is 16.8 Å². The van der Waals surface area contributed by atoms with Crippen LogP contribution >= 0.6 is 0 Å². The zero-order valence-corrected chi connectivity index (χ0v) is 19.5. The van der Waals surface area contributed by atoms with E-state index in [9.17, 15) is 13.2 Å². The van der Waals surface area contributed by atoms with Gasteiger partial charge >= 0.3 is 0 Å². The van der Waals surface area contributed by atoms with E-state index in [1.54, 1.807) is 26.0 Å². The molecule has 0 bridgehead atoms. The molecule has 0 unspecified atom stereocenters. The number of amides is 1. The molecule has 0 atom stereocenters. The first kappa shape index (κ1) is 23.2. The Labute approximate surface area is 185 Å². The number of morpholine rings is 1. The Morgan fingerprint density at radius 1 is 1.06 bits per heavy atom. The molecule has 1 saturated heterocycles. The summed E-state index contributed by atoms with van der Waals surface area (Å²) >= 11 is 0. The Morgan fingerprint density at radius 3 is 2.39 bits per heavy atom. The number of hydrogen-bond acceptors (Lipinski definition) is 5. The van der Waals surface area contributed by atoms with E-state index in [1.807, 2.05) is 32.0 Å². The third-order valence-electron chi connectivity index (χ3n) is 5.55. The molecule has 3 rings (SSSR count). The van der Waals surface area contributed by atoms with Crippen LogP contribution in [-0.2, 0) is 14.8 Å². The molecule has 1 fully saturated rings. The number of ether oxygens (including phenoxy) is 1. The van der Waals surface area contributed by atoms with Crippen molar-refractivity contribution in [2.24, 2.45) is 0 Å². The van der Waals surface area contributed by atoms with Crippen LogP contribution < -0.4 is 10.2 Å². The predicted octanol–water partition coefficient (Wildman–Crippen LogP) is 3.42. The summed E-state index contributed by atoms with van der Waals surface area (Å²) in [4.78, 5) is 15.5. The Hall–Kier alpha value is -2.42. The monoisotopic (exact) mass is 445 g/mol. The first-order valence-electron chi connectivity index (χ1n) is 10.6. The summed E-state index contributed by atoms with van der Waals surface area (Å²) in [5.41, 5.74) is 3.75. The molecule has 0 saturated carbocycles. The maximum atomic E-state index is 13.4. The number of nitrogens with zero attached hydrogens (tertiary/aromatic N) is 2. The highest BCUT2D eigenvalue weighted by atomic mass is 32.2. The van der Waals surface area contributed by atoms with E-state index in [4.69, 9.17) is 4.74 Å². The molecule has 1 aliphatic rings. The highest BCUT2D eigenvalue weighted by molar-refractivity contribution is 7.89. The van der Waals surface area contributed by atoms with E-state index in [-0.39, 0.29) is 10.8 Å². The number of hydrogen-bond donors (Lipinski definition) is 1. The molecule has 31 heavy (non-hydrogen) atoms. The Balaban J connectivity index is 2.05. The third kappa shape index (κ3) is 5.08. The van der Waals surface area contributed by atoms with Crippen molar-refractivity contribution in [2.45, 2.75) is 32.6 Å². The summed E-state index contributed by atoms with van der Waals surface area (Å²) < 4.78 is 33.0. The number of carbonyl (C=O) groups is 1. The van der Waals surface area contributed by atoms with Crippen molar-refractivity contribution >= 4 is 27.3 Å². The van der Waals surface area contributed by atoms with Crippen molar-refractivity contribution in [3.63, 3.8) is 0 Å². The molecular formula is C23H31N3O4S. The molecule has 1 heterocycles. The van der Waals surface area contributed by atoms with Gasteiger partial charge in [0.1, 0.15) is 0 Å². The van der Waals surface area contributed by atoms with Gasteiger partial charge in [-0.25, -0.2) is 8.42 Å². The number of carbonyl (C=O) groups excluding carboxylic acids is 1. The average Bonchev–Trinajstić information content (AvgIpc) is 2.77. The van der Waals surface area contributed by atoms with Gasteiger partial charge < -0.3 is 15.0 Å². The van der Waals surface area contributed by atoms with Crippen LogP contribution in [0.15, 0.2) is 41.3 Å². The van der Waals surface area contributed by atoms with E-state index in [2.05, 4.69) is 10.2 Å². The summed E-state index contributed by atoms with van der Waals surface area (Å²) in [6, 6.07) is 10.7. The minimum Gasteiger partial charge on any atom is -0.378 e. The lowest BCUT2D eigenvalue weighted by molar-refractivity contribution is 0.102. The molecule has 1 aliphatic heterocycles. The smallest absolute Gasteiger partial charge is 0.257 e. The second-order valence-corrected chi connectivity index (χ2v) is 9.58. The summed E-state index contributed by atoms with van der Waals surface area (Å²) in [6.07, 6.45) is 0. The van der Waals surface area contributed by atoms with E-state index in [0.29, 0.717) is 50.6 Å². The quantitative estimate of drug-likeness (QED) is 0.707. The van der Waals surface area contributed by atoms with Crippen LogP contribution in [0.1, 0.15) is 35.3 Å². The minimum absolute atomic E-state index is 0.124. The largest absolute Gasteiger partial charge is 0.378 e. The second-order valence-electron chi connectivity index (χ2n) is 7.64. The number of nitrogens with one attached hydrogen (secondary N) is 1. The van der Waals surface area contributed by atoms with Crippen LogP contribution in [0.2, 0.25) is 0 Å². The molecule has 0 radical (unpaired) electrons. The number of benzene rings is 2. The molecule has 1 N–H and O–H groups in total. The predicted molar refractivity (Wildman–Crippen MR) is 123 cm³/mol. The molecule has 8 heteroatoms. The lowest BCUT2D eigenvalue weighted by atomic mass is 10.1. The number of sulfonamides is 1. The van der Waals surface area contributed by atoms with Crippen molar-refractivity contribution in [3.05, 3.63) is 53.1 Å². The molecule has 0 spiro atoms. The maximum absolute atomic E-state index is 13.4. The Bertz CT molecular complexity index is 1040. The van der Waals surface area contributed by atoms with Crippen LogP contribution in [0.5, 0.6) is 0 Å². The van der Waals surface area contributed by atoms with Crippen LogP contribution in [0, 0.1) is 13.8 Å². The minimum atomic E-state index is -3.68. The van der Waals surface area contributed by atoms with Gasteiger partial charge in [-0.1, -0.05) is 26.0 Å². The molecule has 7 nitrogen and oxygen atoms in total. The fourth-order valence-corrected chi connectivity index (χ4v) is 5.20.